The smallest absolute Gasteiger partial charge is 0.328 e. The van der Waals surface area contributed by atoms with Crippen molar-refractivity contribution in [3.05, 3.63) is 42.1 Å². The molecule has 0 bridgehead atoms. The maximum Gasteiger partial charge on any atom is 0.328 e. The van der Waals surface area contributed by atoms with Crippen LogP contribution in [-0.2, 0) is 20.9 Å². The van der Waals surface area contributed by atoms with Gasteiger partial charge in [-0.25, -0.2) is 4.79 Å². The lowest BCUT2D eigenvalue weighted by molar-refractivity contribution is -0.145. The van der Waals surface area contributed by atoms with Crippen LogP contribution in [0.1, 0.15) is 32.3 Å². The summed E-state index contributed by atoms with van der Waals surface area (Å²) in [5.74, 6) is 1.09. The van der Waals surface area contributed by atoms with Crippen LogP contribution in [0.25, 0.3) is 10.9 Å². The summed E-state index contributed by atoms with van der Waals surface area (Å²) in [6, 6.07) is 9.53. The third kappa shape index (κ3) is 10.8. The van der Waals surface area contributed by atoms with E-state index in [9.17, 15) is 9.59 Å². The third-order valence-electron chi connectivity index (χ3n) is 6.51. The maximum atomic E-state index is 13.1. The number of hydrogen-bond donors (Lipinski definition) is 4. The number of benzene rings is 1. The molecule has 1 amide bonds. The maximum absolute atomic E-state index is 13.1. The number of nitrogens with zero attached hydrogens (tertiary/aromatic N) is 2. The molecule has 0 saturated carbocycles. The van der Waals surface area contributed by atoms with Gasteiger partial charge >= 0.3 is 5.97 Å². The molecule has 206 valence electrons. The van der Waals surface area contributed by atoms with Crippen LogP contribution in [0.3, 0.4) is 0 Å². The summed E-state index contributed by atoms with van der Waals surface area (Å²) in [5, 5.41) is 7.55. The zero-order valence-electron chi connectivity index (χ0n) is 22.5. The van der Waals surface area contributed by atoms with Gasteiger partial charge in [-0.3, -0.25) is 14.7 Å². The highest BCUT2D eigenvalue weighted by atomic mass is 32.2. The van der Waals surface area contributed by atoms with Crippen molar-refractivity contribution in [2.45, 2.75) is 51.4 Å². The van der Waals surface area contributed by atoms with Gasteiger partial charge < -0.3 is 21.1 Å². The van der Waals surface area contributed by atoms with E-state index in [1.165, 1.54) is 7.11 Å². The minimum absolute atomic E-state index is 0.0476. The normalized spacial score (nSPS) is 14.8. The zero-order chi connectivity index (χ0) is 27.2. The highest BCUT2D eigenvalue weighted by Gasteiger charge is 2.25. The van der Waals surface area contributed by atoms with Crippen molar-refractivity contribution < 1.29 is 14.3 Å². The molecule has 8 nitrogen and oxygen atoms in total. The number of aromatic nitrogens is 1. The lowest BCUT2D eigenvalue weighted by Gasteiger charge is -2.32. The van der Waals surface area contributed by atoms with Gasteiger partial charge in [-0.05, 0) is 42.0 Å². The van der Waals surface area contributed by atoms with Crippen LogP contribution in [0, 0.1) is 5.92 Å². The van der Waals surface area contributed by atoms with E-state index in [-0.39, 0.29) is 24.5 Å². The first-order valence-electron chi connectivity index (χ1n) is 12.8. The molecule has 0 aliphatic heterocycles. The fourth-order valence-electron chi connectivity index (χ4n) is 4.09. The van der Waals surface area contributed by atoms with Gasteiger partial charge in [0.2, 0.25) is 5.91 Å². The lowest BCUT2D eigenvalue weighted by Crippen LogP contribution is -2.51. The van der Waals surface area contributed by atoms with E-state index in [4.69, 9.17) is 10.5 Å². The molecule has 1 heterocycles. The first-order chi connectivity index (χ1) is 17.8. The van der Waals surface area contributed by atoms with Crippen molar-refractivity contribution in [2.24, 2.45) is 11.7 Å². The van der Waals surface area contributed by atoms with E-state index in [2.05, 4.69) is 53.1 Å². The summed E-state index contributed by atoms with van der Waals surface area (Å²) in [6.45, 7) is 6.35. The number of esters is 1. The van der Waals surface area contributed by atoms with Crippen molar-refractivity contribution >= 4 is 47.2 Å². The number of rotatable bonds is 17. The first kappa shape index (κ1) is 31.4. The Kier molecular flexibility index (Phi) is 14.3. The Morgan fingerprint density at radius 3 is 2.73 bits per heavy atom. The van der Waals surface area contributed by atoms with Gasteiger partial charge in [0, 0.05) is 49.1 Å². The summed E-state index contributed by atoms with van der Waals surface area (Å²) < 4.78 is 4.91. The van der Waals surface area contributed by atoms with Crippen LogP contribution in [-0.4, -0.2) is 84.4 Å². The second-order valence-electron chi connectivity index (χ2n) is 9.47. The largest absolute Gasteiger partial charge is 0.467 e. The number of thioether (sulfide) groups is 1. The summed E-state index contributed by atoms with van der Waals surface area (Å²) in [7, 11) is 1.34. The number of pyridine rings is 1. The molecule has 0 radical (unpaired) electrons. The number of carbonyl (C=O) groups excluding carboxylic acids is 2. The Labute approximate surface area is 231 Å². The van der Waals surface area contributed by atoms with Crippen LogP contribution < -0.4 is 16.4 Å². The van der Waals surface area contributed by atoms with Gasteiger partial charge in [-0.1, -0.05) is 38.5 Å². The Morgan fingerprint density at radius 1 is 1.30 bits per heavy atom. The molecule has 2 aromatic rings. The SMILES string of the molecule is CC[C@H](C)[C@@H](CN(CC(=O)N[C@@H](CCSC)C(=O)OC)Cc1cnc2ccccc2c1)NC[C@@H](N)CS. The molecule has 0 spiro atoms. The quantitative estimate of drug-likeness (QED) is 0.176. The predicted octanol–water partition coefficient (Wildman–Crippen LogP) is 2.71. The molecule has 10 heteroatoms. The van der Waals surface area contributed by atoms with Crippen LogP contribution in [0.5, 0.6) is 0 Å². The molecule has 1 aromatic carbocycles. The molecule has 0 saturated heterocycles. The van der Waals surface area contributed by atoms with Crippen molar-refractivity contribution in [2.75, 3.05) is 44.5 Å². The number of para-hydroxylation sites is 1. The van der Waals surface area contributed by atoms with Crippen LogP contribution in [0.2, 0.25) is 0 Å². The standard InChI is InChI=1S/C27H43N5O3S2/c1-5-19(2)25(30-14-22(28)18-36)16-32(15-20-12-21-8-6-7-9-23(21)29-13-20)17-26(33)31-24(10-11-37-4)27(34)35-3/h6-9,12-13,19,22,24-25,30,36H,5,10-11,14-18,28H2,1-4H3,(H,31,33)/t19-,22+,24-,25+/m0/s1. The number of carbonyl (C=O) groups is 2. The number of thiol groups is 1. The minimum Gasteiger partial charge on any atom is -0.467 e. The van der Waals surface area contributed by atoms with Gasteiger partial charge in [0.25, 0.3) is 0 Å². The van der Waals surface area contributed by atoms with Crippen molar-refractivity contribution in [3.8, 4) is 0 Å². The lowest BCUT2D eigenvalue weighted by atomic mass is 9.98. The summed E-state index contributed by atoms with van der Waals surface area (Å²) in [5.41, 5.74) is 8.07. The summed E-state index contributed by atoms with van der Waals surface area (Å²) in [6.07, 6.45) is 5.35. The average molecular weight is 550 g/mol. The molecule has 0 unspecified atom stereocenters. The van der Waals surface area contributed by atoms with Crippen molar-refractivity contribution in [1.29, 1.82) is 0 Å². The van der Waals surface area contributed by atoms with Crippen LogP contribution in [0.15, 0.2) is 36.5 Å². The Morgan fingerprint density at radius 2 is 2.05 bits per heavy atom. The predicted molar refractivity (Wildman–Crippen MR) is 157 cm³/mol. The van der Waals surface area contributed by atoms with Crippen LogP contribution >= 0.6 is 24.4 Å². The molecule has 1 aromatic heterocycles. The van der Waals surface area contributed by atoms with Crippen LogP contribution in [0.4, 0.5) is 0 Å². The Bertz CT molecular complexity index is 980. The number of ether oxygens (including phenoxy) is 1. The van der Waals surface area contributed by atoms with Crippen molar-refractivity contribution in [1.82, 2.24) is 20.5 Å². The van der Waals surface area contributed by atoms with E-state index in [0.29, 0.717) is 37.7 Å². The first-order valence-corrected chi connectivity index (χ1v) is 14.9. The molecule has 0 aliphatic carbocycles. The number of fused-ring (bicyclic) bond motifs is 1. The number of amides is 1. The molecule has 4 atom stereocenters. The van der Waals surface area contributed by atoms with Gasteiger partial charge in [0.05, 0.1) is 19.2 Å². The van der Waals surface area contributed by atoms with E-state index in [0.717, 1.165) is 28.6 Å². The zero-order valence-corrected chi connectivity index (χ0v) is 24.2. The molecular weight excluding hydrogens is 506 g/mol. The Hall–Kier alpha value is -1.85. The minimum atomic E-state index is -0.661. The number of nitrogens with one attached hydrogen (secondary N) is 2. The number of hydrogen-bond acceptors (Lipinski definition) is 9. The summed E-state index contributed by atoms with van der Waals surface area (Å²) in [4.78, 5) is 32.1. The number of methoxy groups -OCH3 is 1. The molecular formula is C27H43N5O3S2. The fraction of sp³-hybridized carbons (Fsp3) is 0.593. The highest BCUT2D eigenvalue weighted by Crippen LogP contribution is 2.16. The summed E-state index contributed by atoms with van der Waals surface area (Å²) >= 11 is 5.93. The highest BCUT2D eigenvalue weighted by molar-refractivity contribution is 7.98. The van der Waals surface area contributed by atoms with Gasteiger partial charge in [0.15, 0.2) is 0 Å². The monoisotopic (exact) mass is 549 g/mol. The molecule has 4 N–H and O–H groups in total. The molecule has 37 heavy (non-hydrogen) atoms. The average Bonchev–Trinajstić information content (AvgIpc) is 2.91. The van der Waals surface area contributed by atoms with E-state index >= 15 is 0 Å². The Balaban J connectivity index is 2.23. The van der Waals surface area contributed by atoms with Gasteiger partial charge in [0.1, 0.15) is 6.04 Å². The third-order valence-corrected chi connectivity index (χ3v) is 7.63. The second kappa shape index (κ2) is 16.9. The van der Waals surface area contributed by atoms with Gasteiger partial charge in [-0.15, -0.1) is 0 Å². The van der Waals surface area contributed by atoms with E-state index < -0.39 is 12.0 Å². The molecule has 0 aliphatic rings. The number of nitrogens with two attached hydrogens (primary N) is 1. The topological polar surface area (TPSA) is 110 Å². The fourth-order valence-corrected chi connectivity index (χ4v) is 4.69. The second-order valence-corrected chi connectivity index (χ2v) is 10.8. The molecule has 2 rings (SSSR count). The molecule has 0 fully saturated rings. The van der Waals surface area contributed by atoms with E-state index in [1.807, 2.05) is 36.7 Å². The van der Waals surface area contributed by atoms with Crippen molar-refractivity contribution in [3.63, 3.8) is 0 Å². The van der Waals surface area contributed by atoms with Gasteiger partial charge in [-0.2, -0.15) is 24.4 Å². The van der Waals surface area contributed by atoms with E-state index in [1.54, 1.807) is 11.8 Å².